The highest BCUT2D eigenvalue weighted by Gasteiger charge is 2.36. The Balaban J connectivity index is 2.10. The molecule has 17 heavy (non-hydrogen) atoms. The van der Waals surface area contributed by atoms with Crippen molar-refractivity contribution >= 4 is 5.69 Å². The van der Waals surface area contributed by atoms with Gasteiger partial charge in [0, 0.05) is 19.3 Å². The maximum atomic E-state index is 4.49. The molecule has 0 radical (unpaired) electrons. The molecule has 1 fully saturated rings. The molecule has 0 spiro atoms. The second-order valence-electron chi connectivity index (χ2n) is 6.32. The van der Waals surface area contributed by atoms with Gasteiger partial charge in [0.15, 0.2) is 0 Å². The molecule has 3 heteroatoms. The van der Waals surface area contributed by atoms with Crippen LogP contribution >= 0.6 is 0 Å². The highest BCUT2D eigenvalue weighted by atomic mass is 15.3. The smallest absolute Gasteiger partial charge is 0.0853 e. The first-order valence-corrected chi connectivity index (χ1v) is 6.70. The fourth-order valence-corrected chi connectivity index (χ4v) is 3.20. The minimum atomic E-state index is 0.478. The zero-order valence-electron chi connectivity index (χ0n) is 11.7. The zero-order valence-corrected chi connectivity index (χ0v) is 11.7. The van der Waals surface area contributed by atoms with Gasteiger partial charge in [0.1, 0.15) is 0 Å². The summed E-state index contributed by atoms with van der Waals surface area (Å²) >= 11 is 0. The van der Waals surface area contributed by atoms with Gasteiger partial charge in [0.2, 0.25) is 0 Å². The number of anilines is 1. The van der Waals surface area contributed by atoms with Crippen LogP contribution in [0.5, 0.6) is 0 Å². The molecule has 0 saturated heterocycles. The molecule has 2 rings (SSSR count). The molecular weight excluding hydrogens is 210 g/mol. The van der Waals surface area contributed by atoms with E-state index in [1.165, 1.54) is 24.2 Å². The van der Waals surface area contributed by atoms with Gasteiger partial charge >= 0.3 is 0 Å². The fourth-order valence-electron chi connectivity index (χ4n) is 3.20. The average molecular weight is 235 g/mol. The minimum absolute atomic E-state index is 0.478. The van der Waals surface area contributed by atoms with Crippen molar-refractivity contribution in [3.63, 3.8) is 0 Å². The maximum Gasteiger partial charge on any atom is 0.0853 e. The van der Waals surface area contributed by atoms with Gasteiger partial charge in [-0.15, -0.1) is 0 Å². The summed E-state index contributed by atoms with van der Waals surface area (Å²) in [5.74, 6) is 0.745. The predicted molar refractivity (Wildman–Crippen MR) is 72.2 cm³/mol. The highest BCUT2D eigenvalue weighted by Crippen LogP contribution is 2.42. The van der Waals surface area contributed by atoms with Gasteiger partial charge in [-0.2, -0.15) is 5.10 Å². The lowest BCUT2D eigenvalue weighted by molar-refractivity contribution is 0.366. The molecule has 1 aliphatic rings. The Morgan fingerprint density at radius 2 is 2.18 bits per heavy atom. The van der Waals surface area contributed by atoms with Crippen LogP contribution in [-0.4, -0.2) is 15.8 Å². The molecule has 0 bridgehead atoms. The van der Waals surface area contributed by atoms with E-state index in [1.807, 2.05) is 11.7 Å². The number of nitrogens with one attached hydrogen (secondary N) is 1. The summed E-state index contributed by atoms with van der Waals surface area (Å²) in [7, 11) is 1.99. The van der Waals surface area contributed by atoms with E-state index >= 15 is 0 Å². The third-order valence-electron chi connectivity index (χ3n) is 3.92. The van der Waals surface area contributed by atoms with Crippen molar-refractivity contribution in [3.8, 4) is 0 Å². The van der Waals surface area contributed by atoms with Gasteiger partial charge in [0.25, 0.3) is 0 Å². The molecule has 1 heterocycles. The van der Waals surface area contributed by atoms with E-state index in [0.717, 1.165) is 12.3 Å². The molecule has 96 valence electrons. The van der Waals surface area contributed by atoms with E-state index in [4.69, 9.17) is 0 Å². The summed E-state index contributed by atoms with van der Waals surface area (Å²) in [6.07, 6.45) is 5.67. The lowest BCUT2D eigenvalue weighted by Crippen LogP contribution is -2.22. The summed E-state index contributed by atoms with van der Waals surface area (Å²) in [4.78, 5) is 0. The van der Waals surface area contributed by atoms with E-state index < -0.39 is 0 Å². The first-order chi connectivity index (χ1) is 7.91. The Kier molecular flexibility index (Phi) is 3.19. The third kappa shape index (κ3) is 2.64. The van der Waals surface area contributed by atoms with Crippen LogP contribution < -0.4 is 5.32 Å². The fraction of sp³-hybridized carbons (Fsp3) is 0.786. The summed E-state index contributed by atoms with van der Waals surface area (Å²) in [6.45, 7) is 9.26. The Morgan fingerprint density at radius 3 is 2.71 bits per heavy atom. The van der Waals surface area contributed by atoms with Crippen molar-refractivity contribution in [3.05, 3.63) is 11.9 Å². The molecule has 1 N–H and O–H groups in total. The first-order valence-electron chi connectivity index (χ1n) is 6.70. The van der Waals surface area contributed by atoms with Crippen molar-refractivity contribution in [2.75, 3.05) is 5.32 Å². The van der Waals surface area contributed by atoms with E-state index in [2.05, 4.69) is 44.3 Å². The molecule has 0 amide bonds. The lowest BCUT2D eigenvalue weighted by atomic mass is 9.91. The Bertz CT molecular complexity index is 392. The van der Waals surface area contributed by atoms with Gasteiger partial charge in [-0.3, -0.25) is 4.68 Å². The Hall–Kier alpha value is -0.990. The highest BCUT2D eigenvalue weighted by molar-refractivity contribution is 5.47. The van der Waals surface area contributed by atoms with Crippen LogP contribution in [0.15, 0.2) is 6.20 Å². The van der Waals surface area contributed by atoms with Crippen LogP contribution in [0.3, 0.4) is 0 Å². The van der Waals surface area contributed by atoms with E-state index in [-0.39, 0.29) is 0 Å². The molecule has 2 atom stereocenters. The summed E-state index contributed by atoms with van der Waals surface area (Å²) in [6, 6.07) is 0.597. The topological polar surface area (TPSA) is 29.9 Å². The van der Waals surface area contributed by atoms with Crippen molar-refractivity contribution in [2.24, 2.45) is 18.4 Å². The standard InChI is InChI=1S/C14H25N3/c1-6-11-13(9-17(5)16-11)15-12-8-14(3,4)7-10(12)2/h9-10,12,15H,6-8H2,1-5H3. The number of hydrogen-bond donors (Lipinski definition) is 1. The second kappa shape index (κ2) is 4.35. The molecule has 2 unspecified atom stereocenters. The van der Waals surface area contributed by atoms with Crippen LogP contribution in [0.4, 0.5) is 5.69 Å². The summed E-state index contributed by atoms with van der Waals surface area (Å²) in [5.41, 5.74) is 2.89. The average Bonchev–Trinajstić information content (AvgIpc) is 2.67. The summed E-state index contributed by atoms with van der Waals surface area (Å²) < 4.78 is 1.91. The lowest BCUT2D eigenvalue weighted by Gasteiger charge is -2.19. The number of nitrogens with zero attached hydrogens (tertiary/aromatic N) is 2. The largest absolute Gasteiger partial charge is 0.379 e. The normalized spacial score (nSPS) is 27.4. The zero-order chi connectivity index (χ0) is 12.6. The number of hydrogen-bond acceptors (Lipinski definition) is 2. The summed E-state index contributed by atoms with van der Waals surface area (Å²) in [5, 5.41) is 8.19. The van der Waals surface area contributed by atoms with Gasteiger partial charge in [0.05, 0.1) is 11.4 Å². The predicted octanol–water partition coefficient (Wildman–Crippen LogP) is 3.22. The van der Waals surface area contributed by atoms with Gasteiger partial charge in [-0.1, -0.05) is 27.7 Å². The second-order valence-corrected chi connectivity index (χ2v) is 6.32. The van der Waals surface area contributed by atoms with Crippen LogP contribution in [0.2, 0.25) is 0 Å². The molecule has 3 nitrogen and oxygen atoms in total. The monoisotopic (exact) mass is 235 g/mol. The van der Waals surface area contributed by atoms with E-state index in [0.29, 0.717) is 11.5 Å². The molecular formula is C14H25N3. The Morgan fingerprint density at radius 1 is 1.47 bits per heavy atom. The van der Waals surface area contributed by atoms with Crippen LogP contribution in [0.25, 0.3) is 0 Å². The Labute approximate surface area is 105 Å². The van der Waals surface area contributed by atoms with Crippen LogP contribution in [0.1, 0.15) is 46.2 Å². The molecule has 1 aliphatic carbocycles. The van der Waals surface area contributed by atoms with Crippen LogP contribution in [0, 0.1) is 11.3 Å². The van der Waals surface area contributed by atoms with E-state index in [1.54, 1.807) is 0 Å². The van der Waals surface area contributed by atoms with Crippen molar-refractivity contribution < 1.29 is 0 Å². The van der Waals surface area contributed by atoms with Crippen molar-refractivity contribution in [1.82, 2.24) is 9.78 Å². The SMILES string of the molecule is CCc1nn(C)cc1NC1CC(C)(C)CC1C. The molecule has 0 aliphatic heterocycles. The van der Waals surface area contributed by atoms with Gasteiger partial charge in [-0.25, -0.2) is 0 Å². The number of aromatic nitrogens is 2. The van der Waals surface area contributed by atoms with Crippen molar-refractivity contribution in [1.29, 1.82) is 0 Å². The van der Waals surface area contributed by atoms with Crippen LogP contribution in [-0.2, 0) is 13.5 Å². The van der Waals surface area contributed by atoms with Gasteiger partial charge < -0.3 is 5.32 Å². The molecule has 0 aromatic carbocycles. The van der Waals surface area contributed by atoms with Crippen molar-refractivity contribution in [2.45, 2.75) is 53.0 Å². The maximum absolute atomic E-state index is 4.49. The number of rotatable bonds is 3. The molecule has 1 aromatic rings. The first kappa shape index (κ1) is 12.5. The number of aryl methyl sites for hydroxylation is 2. The van der Waals surface area contributed by atoms with Gasteiger partial charge in [-0.05, 0) is 30.6 Å². The third-order valence-corrected chi connectivity index (χ3v) is 3.92. The quantitative estimate of drug-likeness (QED) is 0.871. The minimum Gasteiger partial charge on any atom is -0.379 e. The molecule has 1 saturated carbocycles. The van der Waals surface area contributed by atoms with E-state index in [9.17, 15) is 0 Å². The molecule has 1 aromatic heterocycles.